The van der Waals surface area contributed by atoms with Crippen molar-refractivity contribution in [2.45, 2.75) is 20.5 Å². The molecule has 0 aliphatic rings. The highest BCUT2D eigenvalue weighted by atomic mass is 16.5. The number of fused-ring (bicyclic) bond motifs is 2. The zero-order chi connectivity index (χ0) is 22.1. The van der Waals surface area contributed by atoms with E-state index in [2.05, 4.69) is 30.3 Å². The van der Waals surface area contributed by atoms with Crippen molar-refractivity contribution in [3.05, 3.63) is 112 Å². The lowest BCUT2D eigenvalue weighted by atomic mass is 10.1. The van der Waals surface area contributed by atoms with Crippen LogP contribution in [0, 0.1) is 13.8 Å². The number of aryl methyl sites for hydroxylation is 2. The molecule has 0 amide bonds. The first-order valence-electron chi connectivity index (χ1n) is 10.5. The van der Waals surface area contributed by atoms with Gasteiger partial charge in [-0.1, -0.05) is 48.5 Å². The zero-order valence-electron chi connectivity index (χ0n) is 17.9. The van der Waals surface area contributed by atoms with Crippen molar-refractivity contribution in [2.75, 3.05) is 0 Å². The first-order valence-corrected chi connectivity index (χ1v) is 10.5. The summed E-state index contributed by atoms with van der Waals surface area (Å²) in [5.41, 5.74) is 3.47. The maximum absolute atomic E-state index is 12.9. The number of hydrogen-bond acceptors (Lipinski definition) is 4. The van der Waals surface area contributed by atoms with Crippen LogP contribution in [0.5, 0.6) is 17.2 Å². The van der Waals surface area contributed by atoms with E-state index in [1.165, 1.54) is 11.6 Å². The lowest BCUT2D eigenvalue weighted by Crippen LogP contribution is -2.05. The summed E-state index contributed by atoms with van der Waals surface area (Å²) in [4.78, 5) is 12.9. The van der Waals surface area contributed by atoms with Crippen LogP contribution in [0.25, 0.3) is 21.7 Å². The lowest BCUT2D eigenvalue weighted by Gasteiger charge is -2.10. The average Bonchev–Trinajstić information content (AvgIpc) is 2.79. The van der Waals surface area contributed by atoms with Crippen LogP contribution in [0.15, 0.2) is 94.3 Å². The molecule has 32 heavy (non-hydrogen) atoms. The van der Waals surface area contributed by atoms with Gasteiger partial charge < -0.3 is 13.9 Å². The van der Waals surface area contributed by atoms with Crippen LogP contribution in [-0.2, 0) is 6.61 Å². The van der Waals surface area contributed by atoms with E-state index in [1.807, 2.05) is 44.2 Å². The van der Waals surface area contributed by atoms with Crippen molar-refractivity contribution in [2.24, 2.45) is 0 Å². The van der Waals surface area contributed by atoms with Gasteiger partial charge in [-0.05, 0) is 65.6 Å². The normalized spacial score (nSPS) is 11.1. The fraction of sp³-hybridized carbons (Fsp3) is 0.107. The van der Waals surface area contributed by atoms with E-state index in [0.29, 0.717) is 29.1 Å². The van der Waals surface area contributed by atoms with Crippen molar-refractivity contribution in [1.29, 1.82) is 0 Å². The molecule has 0 spiro atoms. The molecular weight excluding hydrogens is 400 g/mol. The monoisotopic (exact) mass is 422 g/mol. The summed E-state index contributed by atoms with van der Waals surface area (Å²) < 4.78 is 17.5. The lowest BCUT2D eigenvalue weighted by molar-refractivity contribution is 0.307. The van der Waals surface area contributed by atoms with E-state index in [4.69, 9.17) is 13.9 Å². The fourth-order valence-corrected chi connectivity index (χ4v) is 3.95. The van der Waals surface area contributed by atoms with Gasteiger partial charge in [-0.3, -0.25) is 4.79 Å². The Bertz CT molecular complexity index is 1470. The topological polar surface area (TPSA) is 48.7 Å². The van der Waals surface area contributed by atoms with Crippen LogP contribution in [0.3, 0.4) is 0 Å². The molecule has 0 aliphatic heterocycles. The molecule has 4 nitrogen and oxygen atoms in total. The summed E-state index contributed by atoms with van der Waals surface area (Å²) in [5, 5.41) is 2.79. The van der Waals surface area contributed by atoms with Gasteiger partial charge in [0.25, 0.3) is 0 Å². The molecule has 4 aromatic carbocycles. The Morgan fingerprint density at radius 3 is 2.41 bits per heavy atom. The van der Waals surface area contributed by atoms with E-state index >= 15 is 0 Å². The van der Waals surface area contributed by atoms with Gasteiger partial charge >= 0.3 is 0 Å². The Morgan fingerprint density at radius 1 is 0.781 bits per heavy atom. The second-order valence-corrected chi connectivity index (χ2v) is 7.94. The van der Waals surface area contributed by atoms with Crippen LogP contribution < -0.4 is 14.9 Å². The zero-order valence-corrected chi connectivity index (χ0v) is 17.9. The van der Waals surface area contributed by atoms with Gasteiger partial charge in [0.15, 0.2) is 0 Å². The van der Waals surface area contributed by atoms with Crippen molar-refractivity contribution >= 4 is 21.7 Å². The van der Waals surface area contributed by atoms with Gasteiger partial charge in [-0.25, -0.2) is 0 Å². The summed E-state index contributed by atoms with van der Waals surface area (Å²) in [6, 6.07) is 25.5. The molecule has 0 N–H and O–H groups in total. The molecule has 4 heteroatoms. The molecular formula is C28H22O4. The van der Waals surface area contributed by atoms with Gasteiger partial charge in [0.1, 0.15) is 30.0 Å². The molecule has 1 aromatic heterocycles. The van der Waals surface area contributed by atoms with Crippen molar-refractivity contribution in [3.8, 4) is 17.2 Å². The van der Waals surface area contributed by atoms with E-state index in [0.717, 1.165) is 22.1 Å². The van der Waals surface area contributed by atoms with Gasteiger partial charge in [-0.15, -0.1) is 0 Å². The SMILES string of the molecule is Cc1cc(C)cc(Oc2coc3cc(OCc4cccc5ccccc45)ccc3c2=O)c1. The summed E-state index contributed by atoms with van der Waals surface area (Å²) in [6.45, 7) is 4.40. The fourth-order valence-electron chi connectivity index (χ4n) is 3.95. The number of hydrogen-bond donors (Lipinski definition) is 0. The predicted octanol–water partition coefficient (Wildman–Crippen LogP) is 6.93. The molecule has 0 radical (unpaired) electrons. The van der Waals surface area contributed by atoms with Gasteiger partial charge in [0.05, 0.1) is 5.39 Å². The second kappa shape index (κ2) is 8.23. The smallest absolute Gasteiger partial charge is 0.235 e. The van der Waals surface area contributed by atoms with Crippen LogP contribution in [0.4, 0.5) is 0 Å². The van der Waals surface area contributed by atoms with Crippen molar-refractivity contribution < 1.29 is 13.9 Å². The van der Waals surface area contributed by atoms with Crippen molar-refractivity contribution in [3.63, 3.8) is 0 Å². The van der Waals surface area contributed by atoms with Gasteiger partial charge in [0.2, 0.25) is 11.2 Å². The van der Waals surface area contributed by atoms with Crippen LogP contribution in [0.2, 0.25) is 0 Å². The van der Waals surface area contributed by atoms with E-state index in [9.17, 15) is 4.79 Å². The van der Waals surface area contributed by atoms with Gasteiger partial charge in [0, 0.05) is 6.07 Å². The minimum Gasteiger partial charge on any atom is -0.489 e. The van der Waals surface area contributed by atoms with Crippen LogP contribution in [-0.4, -0.2) is 0 Å². The van der Waals surface area contributed by atoms with E-state index in [-0.39, 0.29) is 11.2 Å². The van der Waals surface area contributed by atoms with E-state index < -0.39 is 0 Å². The highest BCUT2D eigenvalue weighted by Crippen LogP contribution is 2.26. The third-order valence-corrected chi connectivity index (χ3v) is 5.41. The predicted molar refractivity (Wildman–Crippen MR) is 127 cm³/mol. The quantitative estimate of drug-likeness (QED) is 0.308. The Hall–Kier alpha value is -4.05. The number of benzene rings is 4. The standard InChI is InChI=1S/C28H22O4/c1-18-12-19(2)14-23(13-18)32-27-17-31-26-15-22(10-11-25(26)28(27)29)30-16-21-8-5-7-20-6-3-4-9-24(20)21/h3-15,17H,16H2,1-2H3. The molecule has 0 saturated heterocycles. The first-order chi connectivity index (χ1) is 15.6. The Kier molecular flexibility index (Phi) is 5.12. The molecule has 5 rings (SSSR count). The number of ether oxygens (including phenoxy) is 2. The van der Waals surface area contributed by atoms with Gasteiger partial charge in [-0.2, -0.15) is 0 Å². The summed E-state index contributed by atoms with van der Waals surface area (Å²) in [7, 11) is 0. The summed E-state index contributed by atoms with van der Waals surface area (Å²) >= 11 is 0. The van der Waals surface area contributed by atoms with E-state index in [1.54, 1.807) is 18.2 Å². The summed E-state index contributed by atoms with van der Waals surface area (Å²) in [6.07, 6.45) is 1.36. The Morgan fingerprint density at radius 2 is 1.56 bits per heavy atom. The maximum atomic E-state index is 12.9. The molecule has 0 fully saturated rings. The Balaban J connectivity index is 1.40. The highest BCUT2D eigenvalue weighted by molar-refractivity contribution is 5.85. The summed E-state index contributed by atoms with van der Waals surface area (Å²) in [5.74, 6) is 1.41. The molecule has 5 aromatic rings. The molecule has 0 unspecified atom stereocenters. The maximum Gasteiger partial charge on any atom is 0.235 e. The minimum absolute atomic E-state index is 0.159. The van der Waals surface area contributed by atoms with Crippen LogP contribution >= 0.6 is 0 Å². The molecule has 0 aliphatic carbocycles. The molecule has 0 bridgehead atoms. The minimum atomic E-state index is -0.217. The highest BCUT2D eigenvalue weighted by Gasteiger charge is 2.11. The largest absolute Gasteiger partial charge is 0.489 e. The molecule has 1 heterocycles. The number of rotatable bonds is 5. The third kappa shape index (κ3) is 3.95. The average molecular weight is 422 g/mol. The second-order valence-electron chi connectivity index (χ2n) is 7.94. The molecule has 0 saturated carbocycles. The Labute approximate surface area is 185 Å². The van der Waals surface area contributed by atoms with Crippen molar-refractivity contribution in [1.82, 2.24) is 0 Å². The third-order valence-electron chi connectivity index (χ3n) is 5.41. The molecule has 0 atom stereocenters. The van der Waals surface area contributed by atoms with Crippen LogP contribution in [0.1, 0.15) is 16.7 Å². The first kappa shape index (κ1) is 19.9. The molecule has 158 valence electrons.